The molecule has 2 atom stereocenters. The molecule has 1 aliphatic heterocycles. The molecule has 1 aromatic carbocycles. The van der Waals surface area contributed by atoms with Crippen LogP contribution in [-0.4, -0.2) is 40.4 Å². The molecule has 1 heterocycles. The number of nitrogens with zero attached hydrogens (tertiary/aromatic N) is 1. The number of ketones is 1. The summed E-state index contributed by atoms with van der Waals surface area (Å²) in [5, 5.41) is 10.5. The van der Waals surface area contributed by atoms with E-state index >= 15 is 0 Å². The van der Waals surface area contributed by atoms with Gasteiger partial charge in [-0.25, -0.2) is 0 Å². The number of carbonyl (C=O) groups is 2. The summed E-state index contributed by atoms with van der Waals surface area (Å²) in [6.07, 6.45) is 1.36. The molecule has 0 unspecified atom stereocenters. The van der Waals surface area contributed by atoms with Crippen molar-refractivity contribution in [2.75, 3.05) is 13.1 Å². The average molecular weight is 303 g/mol. The SMILES string of the molecule is CC(C)C[C@H]1CN(C(=O)C(=O)c2ccccc2)CC[C@@]1(C)O. The van der Waals surface area contributed by atoms with Crippen molar-refractivity contribution in [3.63, 3.8) is 0 Å². The van der Waals surface area contributed by atoms with Gasteiger partial charge in [-0.1, -0.05) is 44.2 Å². The van der Waals surface area contributed by atoms with E-state index in [2.05, 4.69) is 13.8 Å². The molecule has 2 rings (SSSR count). The van der Waals surface area contributed by atoms with Crippen molar-refractivity contribution in [1.29, 1.82) is 0 Å². The number of aliphatic hydroxyl groups is 1. The number of carbonyl (C=O) groups excluding carboxylic acids is 2. The van der Waals surface area contributed by atoms with E-state index in [9.17, 15) is 14.7 Å². The zero-order chi connectivity index (χ0) is 16.3. The summed E-state index contributed by atoms with van der Waals surface area (Å²) in [5.74, 6) is -0.481. The van der Waals surface area contributed by atoms with Crippen LogP contribution >= 0.6 is 0 Å². The normalized spacial score (nSPS) is 25.3. The Labute approximate surface area is 132 Å². The quantitative estimate of drug-likeness (QED) is 0.687. The molecule has 22 heavy (non-hydrogen) atoms. The van der Waals surface area contributed by atoms with Crippen LogP contribution < -0.4 is 0 Å². The number of benzene rings is 1. The molecule has 0 aromatic heterocycles. The zero-order valence-electron chi connectivity index (χ0n) is 13.6. The summed E-state index contributed by atoms with van der Waals surface area (Å²) in [4.78, 5) is 26.3. The number of piperidine rings is 1. The fourth-order valence-corrected chi connectivity index (χ4v) is 3.06. The lowest BCUT2D eigenvalue weighted by atomic mass is 9.78. The second-order valence-electron chi connectivity index (χ2n) is 6.88. The summed E-state index contributed by atoms with van der Waals surface area (Å²) in [7, 11) is 0. The van der Waals surface area contributed by atoms with Crippen LogP contribution in [-0.2, 0) is 4.79 Å². The fourth-order valence-electron chi connectivity index (χ4n) is 3.06. The molecule has 1 fully saturated rings. The van der Waals surface area contributed by atoms with Crippen LogP contribution in [0.15, 0.2) is 30.3 Å². The Kier molecular flexibility index (Phi) is 5.01. The molecule has 0 bridgehead atoms. The van der Waals surface area contributed by atoms with E-state index in [1.165, 1.54) is 0 Å². The highest BCUT2D eigenvalue weighted by Crippen LogP contribution is 2.32. The van der Waals surface area contributed by atoms with E-state index < -0.39 is 17.3 Å². The van der Waals surface area contributed by atoms with Gasteiger partial charge < -0.3 is 10.0 Å². The molecule has 1 saturated heterocycles. The van der Waals surface area contributed by atoms with Gasteiger partial charge in [-0.15, -0.1) is 0 Å². The van der Waals surface area contributed by atoms with Crippen LogP contribution in [0.5, 0.6) is 0 Å². The predicted octanol–water partition coefficient (Wildman–Crippen LogP) is 2.51. The lowest BCUT2D eigenvalue weighted by Crippen LogP contribution is -2.53. The minimum absolute atomic E-state index is 0.00812. The number of hydrogen-bond donors (Lipinski definition) is 1. The van der Waals surface area contributed by atoms with Crippen LogP contribution in [0.1, 0.15) is 44.0 Å². The van der Waals surface area contributed by atoms with E-state index in [0.717, 1.165) is 6.42 Å². The van der Waals surface area contributed by atoms with Gasteiger partial charge in [-0.2, -0.15) is 0 Å². The second-order valence-corrected chi connectivity index (χ2v) is 6.88. The standard InChI is InChI=1S/C18H25NO3/c1-13(2)11-15-12-19(10-9-18(15,3)22)17(21)16(20)14-7-5-4-6-8-14/h4-8,13,15,22H,9-12H2,1-3H3/t15-,18+/m0/s1. The van der Waals surface area contributed by atoms with Gasteiger partial charge >= 0.3 is 0 Å². The minimum atomic E-state index is -0.767. The van der Waals surface area contributed by atoms with E-state index in [1.807, 2.05) is 13.0 Å². The number of hydrogen-bond acceptors (Lipinski definition) is 3. The molecule has 4 heteroatoms. The molecule has 4 nitrogen and oxygen atoms in total. The van der Waals surface area contributed by atoms with Gasteiger partial charge in [0, 0.05) is 24.6 Å². The van der Waals surface area contributed by atoms with Gasteiger partial charge in [-0.3, -0.25) is 9.59 Å². The summed E-state index contributed by atoms with van der Waals surface area (Å²) >= 11 is 0. The molecule has 0 aliphatic carbocycles. The molecule has 1 aliphatic rings. The highest BCUT2D eigenvalue weighted by Gasteiger charge is 2.40. The number of rotatable bonds is 4. The molecule has 1 aromatic rings. The van der Waals surface area contributed by atoms with Crippen LogP contribution in [0.4, 0.5) is 0 Å². The van der Waals surface area contributed by atoms with Crippen molar-refractivity contribution >= 4 is 11.7 Å². The molecule has 1 N–H and O–H groups in total. The summed E-state index contributed by atoms with van der Waals surface area (Å²) in [6, 6.07) is 8.64. The fraction of sp³-hybridized carbons (Fsp3) is 0.556. The molecule has 0 saturated carbocycles. The molecule has 120 valence electrons. The summed E-state index contributed by atoms with van der Waals surface area (Å²) < 4.78 is 0. The molecule has 0 radical (unpaired) electrons. The monoisotopic (exact) mass is 303 g/mol. The van der Waals surface area contributed by atoms with Crippen molar-refractivity contribution < 1.29 is 14.7 Å². The van der Waals surface area contributed by atoms with Gasteiger partial charge in [0.05, 0.1) is 5.60 Å². The van der Waals surface area contributed by atoms with Gasteiger partial charge in [0.2, 0.25) is 5.78 Å². The zero-order valence-corrected chi connectivity index (χ0v) is 13.6. The van der Waals surface area contributed by atoms with Crippen LogP contribution in [0.2, 0.25) is 0 Å². The van der Waals surface area contributed by atoms with Crippen molar-refractivity contribution in [1.82, 2.24) is 4.90 Å². The highest BCUT2D eigenvalue weighted by molar-refractivity contribution is 6.42. The summed E-state index contributed by atoms with van der Waals surface area (Å²) in [6.45, 7) is 6.92. The average Bonchev–Trinajstić information content (AvgIpc) is 2.48. The van der Waals surface area contributed by atoms with Crippen molar-refractivity contribution in [2.24, 2.45) is 11.8 Å². The Balaban J connectivity index is 2.09. The molecule has 1 amide bonds. The first-order valence-electron chi connectivity index (χ1n) is 7.92. The third-order valence-corrected chi connectivity index (χ3v) is 4.48. The first-order chi connectivity index (χ1) is 10.3. The van der Waals surface area contributed by atoms with Crippen LogP contribution in [0.25, 0.3) is 0 Å². The maximum Gasteiger partial charge on any atom is 0.294 e. The lowest BCUT2D eigenvalue weighted by molar-refractivity contribution is -0.134. The summed E-state index contributed by atoms with van der Waals surface area (Å²) in [5.41, 5.74) is -0.345. The van der Waals surface area contributed by atoms with Gasteiger partial charge in [0.25, 0.3) is 5.91 Å². The first-order valence-corrected chi connectivity index (χ1v) is 7.92. The first kappa shape index (κ1) is 16.7. The van der Waals surface area contributed by atoms with Gasteiger partial charge in [0.1, 0.15) is 0 Å². The Morgan fingerprint density at radius 2 is 1.95 bits per heavy atom. The largest absolute Gasteiger partial charge is 0.390 e. The maximum atomic E-state index is 12.4. The van der Waals surface area contributed by atoms with Crippen molar-refractivity contribution in [3.8, 4) is 0 Å². The van der Waals surface area contributed by atoms with Crippen LogP contribution in [0, 0.1) is 11.8 Å². The van der Waals surface area contributed by atoms with E-state index in [4.69, 9.17) is 0 Å². The Morgan fingerprint density at radius 1 is 1.32 bits per heavy atom. The number of amides is 1. The minimum Gasteiger partial charge on any atom is -0.390 e. The van der Waals surface area contributed by atoms with Crippen molar-refractivity contribution in [3.05, 3.63) is 35.9 Å². The van der Waals surface area contributed by atoms with Gasteiger partial charge in [0.15, 0.2) is 0 Å². The highest BCUT2D eigenvalue weighted by atomic mass is 16.3. The predicted molar refractivity (Wildman–Crippen MR) is 85.5 cm³/mol. The third-order valence-electron chi connectivity index (χ3n) is 4.48. The van der Waals surface area contributed by atoms with E-state index in [-0.39, 0.29) is 5.92 Å². The molecule has 0 spiro atoms. The molecular weight excluding hydrogens is 278 g/mol. The molecular formula is C18H25NO3. The third kappa shape index (κ3) is 3.74. The number of likely N-dealkylation sites (tertiary alicyclic amines) is 1. The Hall–Kier alpha value is -1.68. The Bertz CT molecular complexity index is 537. The van der Waals surface area contributed by atoms with E-state index in [1.54, 1.807) is 29.2 Å². The second kappa shape index (κ2) is 6.61. The maximum absolute atomic E-state index is 12.4. The smallest absolute Gasteiger partial charge is 0.294 e. The van der Waals surface area contributed by atoms with Gasteiger partial charge in [-0.05, 0) is 25.7 Å². The van der Waals surface area contributed by atoms with Crippen molar-refractivity contribution in [2.45, 2.75) is 39.2 Å². The topological polar surface area (TPSA) is 57.6 Å². The lowest BCUT2D eigenvalue weighted by Gasteiger charge is -2.43. The number of Topliss-reactive ketones (excluding diaryl/α,β-unsaturated/α-hetero) is 1. The Morgan fingerprint density at radius 3 is 2.55 bits per heavy atom. The van der Waals surface area contributed by atoms with E-state index in [0.29, 0.717) is 31.0 Å². The van der Waals surface area contributed by atoms with Crippen LogP contribution in [0.3, 0.4) is 0 Å².